The van der Waals surface area contributed by atoms with Crippen molar-refractivity contribution in [1.82, 2.24) is 5.32 Å². The van der Waals surface area contributed by atoms with Crippen molar-refractivity contribution in [3.63, 3.8) is 0 Å². The highest BCUT2D eigenvalue weighted by atomic mass is 79.9. The summed E-state index contributed by atoms with van der Waals surface area (Å²) in [6.45, 7) is 0.943. The van der Waals surface area contributed by atoms with Crippen molar-refractivity contribution in [2.45, 2.75) is 38.3 Å². The molecule has 0 radical (unpaired) electrons. The molecule has 19 heavy (non-hydrogen) atoms. The second kappa shape index (κ2) is 5.74. The standard InChI is InChI=1S/C15H19Br2NO/c1-19-15-12(16)6-9(7-13(15)17)8-18-14(10-2-3-10)11-4-5-11/h6-7,10-11,14,18H,2-5,8H2,1H3. The Balaban J connectivity index is 1.65. The fraction of sp³-hybridized carbons (Fsp3) is 0.600. The van der Waals surface area contributed by atoms with Crippen LogP contribution in [0, 0.1) is 11.8 Å². The Hall–Kier alpha value is -0.0600. The minimum atomic E-state index is 0.750. The van der Waals surface area contributed by atoms with E-state index in [4.69, 9.17) is 4.74 Å². The molecule has 0 spiro atoms. The summed E-state index contributed by atoms with van der Waals surface area (Å²) in [5.74, 6) is 2.75. The molecule has 0 atom stereocenters. The van der Waals surface area contributed by atoms with Crippen LogP contribution in [0.3, 0.4) is 0 Å². The molecule has 0 amide bonds. The van der Waals surface area contributed by atoms with Crippen LogP contribution >= 0.6 is 31.9 Å². The van der Waals surface area contributed by atoms with Crippen molar-refractivity contribution in [2.75, 3.05) is 7.11 Å². The summed E-state index contributed by atoms with van der Waals surface area (Å²) in [4.78, 5) is 0. The third-order valence-corrected chi connectivity index (χ3v) is 5.24. The fourth-order valence-electron chi connectivity index (χ4n) is 2.77. The Morgan fingerprint density at radius 2 is 1.68 bits per heavy atom. The van der Waals surface area contributed by atoms with Crippen molar-refractivity contribution in [1.29, 1.82) is 0 Å². The number of rotatable bonds is 6. The van der Waals surface area contributed by atoms with Gasteiger partial charge in [-0.25, -0.2) is 0 Å². The predicted molar refractivity (Wildman–Crippen MR) is 84.5 cm³/mol. The van der Waals surface area contributed by atoms with Gasteiger partial charge < -0.3 is 10.1 Å². The highest BCUT2D eigenvalue weighted by molar-refractivity contribution is 9.11. The van der Waals surface area contributed by atoms with Gasteiger partial charge in [0.2, 0.25) is 0 Å². The second-order valence-electron chi connectivity index (χ2n) is 5.67. The Bertz CT molecular complexity index is 434. The van der Waals surface area contributed by atoms with E-state index in [0.717, 1.165) is 39.1 Å². The van der Waals surface area contributed by atoms with Gasteiger partial charge in [-0.15, -0.1) is 0 Å². The van der Waals surface area contributed by atoms with Crippen LogP contribution in [0.1, 0.15) is 31.2 Å². The zero-order valence-corrected chi connectivity index (χ0v) is 14.3. The van der Waals surface area contributed by atoms with E-state index >= 15 is 0 Å². The molecule has 0 aliphatic heterocycles. The topological polar surface area (TPSA) is 21.3 Å². The van der Waals surface area contributed by atoms with Crippen LogP contribution in [0.4, 0.5) is 0 Å². The molecule has 2 aliphatic carbocycles. The number of nitrogens with one attached hydrogen (secondary N) is 1. The molecule has 0 heterocycles. The fourth-order valence-corrected chi connectivity index (χ4v) is 4.38. The maximum Gasteiger partial charge on any atom is 0.147 e. The molecule has 2 fully saturated rings. The molecular weight excluding hydrogens is 370 g/mol. The van der Waals surface area contributed by atoms with Crippen molar-refractivity contribution in [3.8, 4) is 5.75 Å². The average molecular weight is 389 g/mol. The van der Waals surface area contributed by atoms with Gasteiger partial charge in [0.15, 0.2) is 0 Å². The molecule has 2 saturated carbocycles. The van der Waals surface area contributed by atoms with Crippen LogP contribution in [-0.2, 0) is 6.54 Å². The van der Waals surface area contributed by atoms with Crippen molar-refractivity contribution in [3.05, 3.63) is 26.6 Å². The van der Waals surface area contributed by atoms with E-state index in [1.165, 1.54) is 31.2 Å². The lowest BCUT2D eigenvalue weighted by Gasteiger charge is -2.18. The molecule has 0 aromatic heterocycles. The van der Waals surface area contributed by atoms with Gasteiger partial charge in [-0.3, -0.25) is 0 Å². The molecule has 1 N–H and O–H groups in total. The van der Waals surface area contributed by atoms with Gasteiger partial charge in [0.05, 0.1) is 16.1 Å². The first kappa shape index (κ1) is 13.9. The molecule has 0 bridgehead atoms. The Morgan fingerprint density at radius 3 is 2.11 bits per heavy atom. The molecule has 0 saturated heterocycles. The summed E-state index contributed by atoms with van der Waals surface area (Å²) in [7, 11) is 1.69. The molecule has 1 aromatic rings. The van der Waals surface area contributed by atoms with Crippen molar-refractivity contribution >= 4 is 31.9 Å². The summed E-state index contributed by atoms with van der Waals surface area (Å²) in [5.41, 5.74) is 1.30. The highest BCUT2D eigenvalue weighted by Crippen LogP contribution is 2.44. The second-order valence-corrected chi connectivity index (χ2v) is 7.38. The predicted octanol–water partition coefficient (Wildman–Crippen LogP) is 4.50. The van der Waals surface area contributed by atoms with Gasteiger partial charge in [0.25, 0.3) is 0 Å². The largest absolute Gasteiger partial charge is 0.494 e. The number of hydrogen-bond donors (Lipinski definition) is 1. The maximum atomic E-state index is 5.34. The molecule has 1 aromatic carbocycles. The van der Waals surface area contributed by atoms with Crippen LogP contribution < -0.4 is 10.1 Å². The van der Waals surface area contributed by atoms with Gasteiger partial charge in [-0.2, -0.15) is 0 Å². The molecule has 4 heteroatoms. The van der Waals surface area contributed by atoms with E-state index in [0.29, 0.717) is 0 Å². The van der Waals surface area contributed by atoms with E-state index in [9.17, 15) is 0 Å². The van der Waals surface area contributed by atoms with Crippen LogP contribution in [0.5, 0.6) is 5.75 Å². The van der Waals surface area contributed by atoms with E-state index < -0.39 is 0 Å². The van der Waals surface area contributed by atoms with Gasteiger partial charge in [-0.1, -0.05) is 0 Å². The minimum Gasteiger partial charge on any atom is -0.494 e. The highest BCUT2D eigenvalue weighted by Gasteiger charge is 2.40. The summed E-state index contributed by atoms with van der Waals surface area (Å²) < 4.78 is 7.36. The van der Waals surface area contributed by atoms with Crippen LogP contribution in [0.2, 0.25) is 0 Å². The minimum absolute atomic E-state index is 0.750. The lowest BCUT2D eigenvalue weighted by Crippen LogP contribution is -2.32. The summed E-state index contributed by atoms with van der Waals surface area (Å²) in [6.07, 6.45) is 5.68. The lowest BCUT2D eigenvalue weighted by molar-refractivity contribution is 0.406. The lowest BCUT2D eigenvalue weighted by atomic mass is 10.1. The first-order valence-corrected chi connectivity index (χ1v) is 8.53. The molecular formula is C15H19Br2NO. The van der Waals surface area contributed by atoms with Gasteiger partial charge in [-0.05, 0) is 87.1 Å². The Morgan fingerprint density at radius 1 is 1.16 bits per heavy atom. The Kier molecular flexibility index (Phi) is 4.20. The van der Waals surface area contributed by atoms with E-state index in [1.807, 2.05) is 0 Å². The number of halogens is 2. The zero-order valence-electron chi connectivity index (χ0n) is 11.1. The summed E-state index contributed by atoms with van der Waals surface area (Å²) in [5, 5.41) is 3.77. The normalized spacial score (nSPS) is 18.9. The van der Waals surface area contributed by atoms with Gasteiger partial charge in [0.1, 0.15) is 5.75 Å². The number of methoxy groups -OCH3 is 1. The molecule has 104 valence electrons. The Labute approximate surface area is 131 Å². The van der Waals surface area contributed by atoms with Gasteiger partial charge >= 0.3 is 0 Å². The SMILES string of the molecule is COc1c(Br)cc(CNC(C2CC2)C2CC2)cc1Br. The smallest absolute Gasteiger partial charge is 0.147 e. The maximum absolute atomic E-state index is 5.34. The van der Waals surface area contributed by atoms with Crippen LogP contribution in [0.25, 0.3) is 0 Å². The summed E-state index contributed by atoms with van der Waals surface area (Å²) in [6, 6.07) is 5.04. The van der Waals surface area contributed by atoms with Crippen molar-refractivity contribution < 1.29 is 4.74 Å². The molecule has 2 nitrogen and oxygen atoms in total. The number of ether oxygens (including phenoxy) is 1. The third-order valence-electron chi connectivity index (χ3n) is 4.06. The summed E-state index contributed by atoms with van der Waals surface area (Å²) >= 11 is 7.13. The number of benzene rings is 1. The molecule has 3 rings (SSSR count). The van der Waals surface area contributed by atoms with Gasteiger partial charge in [0, 0.05) is 12.6 Å². The number of hydrogen-bond acceptors (Lipinski definition) is 2. The van der Waals surface area contributed by atoms with Crippen molar-refractivity contribution in [2.24, 2.45) is 11.8 Å². The molecule has 2 aliphatic rings. The van der Waals surface area contributed by atoms with E-state index in [1.54, 1.807) is 7.11 Å². The first-order chi connectivity index (χ1) is 9.19. The quantitative estimate of drug-likeness (QED) is 0.774. The third kappa shape index (κ3) is 3.34. The monoisotopic (exact) mass is 387 g/mol. The first-order valence-electron chi connectivity index (χ1n) is 6.94. The van der Waals surface area contributed by atoms with Crippen LogP contribution in [-0.4, -0.2) is 13.2 Å². The molecule has 0 unspecified atom stereocenters. The zero-order chi connectivity index (χ0) is 13.4. The van der Waals surface area contributed by atoms with E-state index in [2.05, 4.69) is 49.3 Å². The van der Waals surface area contributed by atoms with Crippen LogP contribution in [0.15, 0.2) is 21.1 Å². The van der Waals surface area contributed by atoms with E-state index in [-0.39, 0.29) is 0 Å². The average Bonchev–Trinajstić information content (AvgIpc) is 3.24.